The summed E-state index contributed by atoms with van der Waals surface area (Å²) in [7, 11) is 0. The van der Waals surface area contributed by atoms with Crippen molar-refractivity contribution in [1.82, 2.24) is 5.32 Å². The van der Waals surface area contributed by atoms with E-state index in [0.717, 1.165) is 17.5 Å². The van der Waals surface area contributed by atoms with Crippen LogP contribution in [0.15, 0.2) is 18.2 Å². The van der Waals surface area contributed by atoms with Gasteiger partial charge < -0.3 is 5.32 Å². The monoisotopic (exact) mass is 229 g/mol. The van der Waals surface area contributed by atoms with Gasteiger partial charge in [-0.05, 0) is 31.4 Å². The lowest BCUT2D eigenvalue weighted by Crippen LogP contribution is -2.26. The molecular formula is C15H19NO. The van der Waals surface area contributed by atoms with E-state index in [9.17, 15) is 4.79 Å². The molecule has 0 atom stereocenters. The van der Waals surface area contributed by atoms with Crippen LogP contribution in [-0.2, 0) is 11.2 Å². The molecule has 0 bridgehead atoms. The van der Waals surface area contributed by atoms with E-state index >= 15 is 0 Å². The first-order chi connectivity index (χ1) is 8.13. The molecule has 0 fully saturated rings. The minimum Gasteiger partial charge on any atom is -0.356 e. The number of benzene rings is 1. The summed E-state index contributed by atoms with van der Waals surface area (Å²) in [4.78, 5) is 11.7. The molecule has 0 aliphatic heterocycles. The van der Waals surface area contributed by atoms with Gasteiger partial charge in [-0.25, -0.2) is 0 Å². The largest absolute Gasteiger partial charge is 0.356 e. The number of nitrogens with one attached hydrogen (secondary N) is 1. The third-order valence-electron chi connectivity index (χ3n) is 2.68. The Morgan fingerprint density at radius 2 is 2.18 bits per heavy atom. The maximum Gasteiger partial charge on any atom is 0.224 e. The van der Waals surface area contributed by atoms with Gasteiger partial charge in [-0.3, -0.25) is 4.79 Å². The predicted molar refractivity (Wildman–Crippen MR) is 70.7 cm³/mol. The van der Waals surface area contributed by atoms with E-state index in [-0.39, 0.29) is 5.91 Å². The van der Waals surface area contributed by atoms with E-state index in [1.165, 1.54) is 5.56 Å². The van der Waals surface area contributed by atoms with Crippen LogP contribution in [0.3, 0.4) is 0 Å². The third-order valence-corrected chi connectivity index (χ3v) is 2.68. The van der Waals surface area contributed by atoms with Crippen LogP contribution < -0.4 is 5.32 Å². The van der Waals surface area contributed by atoms with Crippen LogP contribution in [0.5, 0.6) is 0 Å². The van der Waals surface area contributed by atoms with Crippen molar-refractivity contribution < 1.29 is 4.79 Å². The van der Waals surface area contributed by atoms with Crippen LogP contribution in [0.2, 0.25) is 0 Å². The second-order valence-electron chi connectivity index (χ2n) is 4.26. The number of rotatable bonds is 5. The standard InChI is InChI=1S/C15H19NO/c1-4-5-6-9-16-15(17)11-14-10-12(2)7-8-13(14)3/h1,7-8,10H,5-6,9,11H2,2-3H3,(H,16,17). The van der Waals surface area contributed by atoms with Crippen molar-refractivity contribution in [1.29, 1.82) is 0 Å². The SMILES string of the molecule is C#CCCCNC(=O)Cc1cc(C)ccc1C. The fourth-order valence-electron chi connectivity index (χ4n) is 1.64. The Morgan fingerprint density at radius 3 is 2.88 bits per heavy atom. The number of terminal acetylenes is 1. The van der Waals surface area contributed by atoms with Crippen LogP contribution in [-0.4, -0.2) is 12.5 Å². The number of carbonyl (C=O) groups excluding carboxylic acids is 1. The van der Waals surface area contributed by atoms with Gasteiger partial charge in [0.25, 0.3) is 0 Å². The number of unbranched alkanes of at least 4 members (excludes halogenated alkanes) is 1. The van der Waals surface area contributed by atoms with Crippen molar-refractivity contribution >= 4 is 5.91 Å². The summed E-state index contributed by atoms with van der Waals surface area (Å²) in [6.07, 6.45) is 7.15. The molecule has 2 heteroatoms. The van der Waals surface area contributed by atoms with Crippen molar-refractivity contribution in [3.63, 3.8) is 0 Å². The summed E-state index contributed by atoms with van der Waals surface area (Å²) in [5.41, 5.74) is 3.44. The maximum atomic E-state index is 11.7. The van der Waals surface area contributed by atoms with E-state index in [1.54, 1.807) is 0 Å². The molecule has 1 aromatic rings. The zero-order valence-corrected chi connectivity index (χ0v) is 10.5. The highest BCUT2D eigenvalue weighted by molar-refractivity contribution is 5.78. The van der Waals surface area contributed by atoms with Gasteiger partial charge in [-0.1, -0.05) is 23.8 Å². The van der Waals surface area contributed by atoms with E-state index in [0.29, 0.717) is 19.4 Å². The van der Waals surface area contributed by atoms with Crippen LogP contribution in [0.25, 0.3) is 0 Å². The highest BCUT2D eigenvalue weighted by Crippen LogP contribution is 2.11. The molecule has 0 aliphatic rings. The number of hydrogen-bond donors (Lipinski definition) is 1. The topological polar surface area (TPSA) is 29.1 Å². The molecule has 1 N–H and O–H groups in total. The fourth-order valence-corrected chi connectivity index (χ4v) is 1.64. The van der Waals surface area contributed by atoms with E-state index < -0.39 is 0 Å². The minimum absolute atomic E-state index is 0.0655. The first kappa shape index (κ1) is 13.3. The molecule has 1 aromatic carbocycles. The summed E-state index contributed by atoms with van der Waals surface area (Å²) in [6.45, 7) is 4.72. The summed E-state index contributed by atoms with van der Waals surface area (Å²) in [5, 5.41) is 2.88. The average Bonchev–Trinajstić information content (AvgIpc) is 2.29. The fraction of sp³-hybridized carbons (Fsp3) is 0.400. The third kappa shape index (κ3) is 4.74. The summed E-state index contributed by atoms with van der Waals surface area (Å²) in [6, 6.07) is 6.18. The molecule has 2 nitrogen and oxygen atoms in total. The molecule has 0 heterocycles. The van der Waals surface area contributed by atoms with Gasteiger partial charge in [0.05, 0.1) is 6.42 Å². The Morgan fingerprint density at radius 1 is 1.41 bits per heavy atom. The molecule has 0 saturated carbocycles. The maximum absolute atomic E-state index is 11.7. The molecule has 0 unspecified atom stereocenters. The number of hydrogen-bond acceptors (Lipinski definition) is 1. The van der Waals surface area contributed by atoms with Crippen LogP contribution in [0.4, 0.5) is 0 Å². The van der Waals surface area contributed by atoms with Gasteiger partial charge in [0, 0.05) is 13.0 Å². The number of amides is 1. The number of carbonyl (C=O) groups is 1. The summed E-state index contributed by atoms with van der Waals surface area (Å²) in [5.74, 6) is 2.62. The highest BCUT2D eigenvalue weighted by Gasteiger charge is 2.05. The van der Waals surface area contributed by atoms with Crippen molar-refractivity contribution in [2.24, 2.45) is 0 Å². The number of aryl methyl sites for hydroxylation is 2. The Labute approximate surface area is 103 Å². The zero-order valence-electron chi connectivity index (χ0n) is 10.5. The van der Waals surface area contributed by atoms with Crippen molar-refractivity contribution in [3.8, 4) is 12.3 Å². The molecule has 90 valence electrons. The minimum atomic E-state index is 0.0655. The molecule has 1 amide bonds. The average molecular weight is 229 g/mol. The van der Waals surface area contributed by atoms with Gasteiger partial charge in [0.15, 0.2) is 0 Å². The van der Waals surface area contributed by atoms with Crippen molar-refractivity contribution in [2.75, 3.05) is 6.54 Å². The first-order valence-corrected chi connectivity index (χ1v) is 5.90. The molecule has 0 radical (unpaired) electrons. The van der Waals surface area contributed by atoms with Gasteiger partial charge in [-0.15, -0.1) is 12.3 Å². The molecule has 0 aromatic heterocycles. The second kappa shape index (κ2) is 6.75. The Kier molecular flexibility index (Phi) is 5.29. The molecule has 0 spiro atoms. The lowest BCUT2D eigenvalue weighted by atomic mass is 10.0. The van der Waals surface area contributed by atoms with E-state index in [1.807, 2.05) is 13.8 Å². The highest BCUT2D eigenvalue weighted by atomic mass is 16.1. The molecular weight excluding hydrogens is 210 g/mol. The second-order valence-corrected chi connectivity index (χ2v) is 4.26. The first-order valence-electron chi connectivity index (χ1n) is 5.90. The Hall–Kier alpha value is -1.75. The Bertz CT molecular complexity index is 429. The lowest BCUT2D eigenvalue weighted by molar-refractivity contribution is -0.120. The van der Waals surface area contributed by atoms with Crippen molar-refractivity contribution in [2.45, 2.75) is 33.1 Å². The molecule has 1 rings (SSSR count). The van der Waals surface area contributed by atoms with Gasteiger partial charge in [-0.2, -0.15) is 0 Å². The predicted octanol–water partition coefficient (Wildman–Crippen LogP) is 2.38. The molecule has 0 saturated heterocycles. The van der Waals surface area contributed by atoms with Gasteiger partial charge >= 0.3 is 0 Å². The van der Waals surface area contributed by atoms with Gasteiger partial charge in [0.2, 0.25) is 5.91 Å². The van der Waals surface area contributed by atoms with E-state index in [2.05, 4.69) is 29.4 Å². The summed E-state index contributed by atoms with van der Waals surface area (Å²) >= 11 is 0. The van der Waals surface area contributed by atoms with E-state index in [4.69, 9.17) is 6.42 Å². The molecule has 17 heavy (non-hydrogen) atoms. The summed E-state index contributed by atoms with van der Waals surface area (Å²) < 4.78 is 0. The van der Waals surface area contributed by atoms with Crippen molar-refractivity contribution in [3.05, 3.63) is 34.9 Å². The zero-order chi connectivity index (χ0) is 12.7. The Balaban J connectivity index is 2.45. The van der Waals surface area contributed by atoms with Crippen LogP contribution >= 0.6 is 0 Å². The van der Waals surface area contributed by atoms with Gasteiger partial charge in [0.1, 0.15) is 0 Å². The quantitative estimate of drug-likeness (QED) is 0.609. The smallest absolute Gasteiger partial charge is 0.224 e. The lowest BCUT2D eigenvalue weighted by Gasteiger charge is -2.07. The molecule has 0 aliphatic carbocycles. The van der Waals surface area contributed by atoms with Crippen LogP contribution in [0, 0.1) is 26.2 Å². The van der Waals surface area contributed by atoms with Crippen LogP contribution in [0.1, 0.15) is 29.5 Å². The normalized spacial score (nSPS) is 9.71.